The van der Waals surface area contributed by atoms with E-state index in [0.717, 1.165) is 25.0 Å². The zero-order chi connectivity index (χ0) is 13.9. The molecular formula is C15H27N3O. The Hall–Kier alpha value is -0.870. The van der Waals surface area contributed by atoms with Gasteiger partial charge in [0.2, 0.25) is 0 Å². The summed E-state index contributed by atoms with van der Waals surface area (Å²) < 4.78 is 7.82. The molecule has 4 heteroatoms. The zero-order valence-corrected chi connectivity index (χ0v) is 12.5. The van der Waals surface area contributed by atoms with Gasteiger partial charge in [0, 0.05) is 32.3 Å². The molecule has 1 fully saturated rings. The maximum absolute atomic E-state index is 6.51. The maximum Gasteiger partial charge on any atom is 0.0832 e. The van der Waals surface area contributed by atoms with E-state index in [1.165, 1.54) is 31.4 Å². The molecule has 1 aliphatic rings. The lowest BCUT2D eigenvalue weighted by atomic mass is 9.84. The van der Waals surface area contributed by atoms with Crippen LogP contribution in [-0.2, 0) is 18.2 Å². The normalized spacial score (nSPS) is 21.1. The molecule has 2 N–H and O–H groups in total. The first-order valence-electron chi connectivity index (χ1n) is 7.38. The molecule has 0 saturated heterocycles. The van der Waals surface area contributed by atoms with Crippen molar-refractivity contribution in [3.05, 3.63) is 17.5 Å². The van der Waals surface area contributed by atoms with E-state index < -0.39 is 0 Å². The first-order chi connectivity index (χ1) is 9.07. The van der Waals surface area contributed by atoms with Crippen molar-refractivity contribution in [2.45, 2.75) is 63.5 Å². The Kier molecular flexibility index (Phi) is 4.63. The molecule has 0 aromatic carbocycles. The van der Waals surface area contributed by atoms with Crippen LogP contribution in [0.1, 0.15) is 49.9 Å². The van der Waals surface area contributed by atoms with Crippen molar-refractivity contribution in [2.75, 3.05) is 7.11 Å². The first kappa shape index (κ1) is 14.5. The van der Waals surface area contributed by atoms with Crippen molar-refractivity contribution in [1.82, 2.24) is 9.78 Å². The van der Waals surface area contributed by atoms with E-state index >= 15 is 0 Å². The van der Waals surface area contributed by atoms with E-state index in [1.807, 2.05) is 25.8 Å². The van der Waals surface area contributed by atoms with Crippen molar-refractivity contribution in [2.24, 2.45) is 12.8 Å². The molecule has 1 saturated carbocycles. The Balaban J connectivity index is 2.11. The molecule has 1 unspecified atom stereocenters. The van der Waals surface area contributed by atoms with Crippen molar-refractivity contribution >= 4 is 0 Å². The van der Waals surface area contributed by atoms with Gasteiger partial charge in [-0.1, -0.05) is 25.7 Å². The fraction of sp³-hybridized carbons (Fsp3) is 0.800. The number of methoxy groups -OCH3 is 1. The van der Waals surface area contributed by atoms with E-state index in [4.69, 9.17) is 10.5 Å². The van der Waals surface area contributed by atoms with Gasteiger partial charge in [0.1, 0.15) is 0 Å². The molecule has 4 nitrogen and oxygen atoms in total. The quantitative estimate of drug-likeness (QED) is 0.850. The van der Waals surface area contributed by atoms with Crippen LogP contribution in [0.15, 0.2) is 6.07 Å². The van der Waals surface area contributed by atoms with Gasteiger partial charge < -0.3 is 10.5 Å². The summed E-state index contributed by atoms with van der Waals surface area (Å²) in [7, 11) is 3.81. The Bertz CT molecular complexity index is 406. The van der Waals surface area contributed by atoms with Gasteiger partial charge in [-0.3, -0.25) is 4.68 Å². The maximum atomic E-state index is 6.51. The van der Waals surface area contributed by atoms with Gasteiger partial charge in [-0.2, -0.15) is 5.10 Å². The molecule has 0 spiro atoms. The highest BCUT2D eigenvalue weighted by molar-refractivity contribution is 5.12. The van der Waals surface area contributed by atoms with E-state index in [2.05, 4.69) is 11.2 Å². The summed E-state index contributed by atoms with van der Waals surface area (Å²) >= 11 is 0. The van der Waals surface area contributed by atoms with Crippen molar-refractivity contribution in [3.63, 3.8) is 0 Å². The number of hydrogen-bond acceptors (Lipinski definition) is 3. The average molecular weight is 265 g/mol. The van der Waals surface area contributed by atoms with Gasteiger partial charge >= 0.3 is 0 Å². The fourth-order valence-electron chi connectivity index (χ4n) is 3.32. The number of hydrogen-bond donors (Lipinski definition) is 1. The third kappa shape index (κ3) is 3.18. The summed E-state index contributed by atoms with van der Waals surface area (Å²) in [4.78, 5) is 0. The molecule has 19 heavy (non-hydrogen) atoms. The Labute approximate surface area is 116 Å². The summed E-state index contributed by atoms with van der Waals surface area (Å²) in [5, 5.41) is 4.40. The molecule has 0 aliphatic heterocycles. The van der Waals surface area contributed by atoms with Gasteiger partial charge in [0.05, 0.1) is 11.3 Å². The summed E-state index contributed by atoms with van der Waals surface area (Å²) in [6.07, 6.45) is 8.08. The van der Waals surface area contributed by atoms with Crippen LogP contribution in [0.4, 0.5) is 0 Å². The SMILES string of the molecule is COC1(C(N)Cc2cc(C)nn2C)CCCCCC1. The highest BCUT2D eigenvalue weighted by atomic mass is 16.5. The van der Waals surface area contributed by atoms with Gasteiger partial charge in [0.25, 0.3) is 0 Å². The molecule has 1 aromatic heterocycles. The molecule has 0 radical (unpaired) electrons. The standard InChI is InChI=1S/C15H27N3O/c1-12-10-13(18(2)17-12)11-14(16)15(19-3)8-6-4-5-7-9-15/h10,14H,4-9,11,16H2,1-3H3. The molecule has 0 amide bonds. The van der Waals surface area contributed by atoms with Crippen LogP contribution in [0.3, 0.4) is 0 Å². The third-order valence-electron chi connectivity index (χ3n) is 4.56. The molecule has 1 heterocycles. The van der Waals surface area contributed by atoms with Crippen LogP contribution in [0.25, 0.3) is 0 Å². The number of aromatic nitrogens is 2. The zero-order valence-electron chi connectivity index (χ0n) is 12.5. The number of nitrogens with two attached hydrogens (primary N) is 1. The van der Waals surface area contributed by atoms with E-state index in [1.54, 1.807) is 0 Å². The molecule has 1 atom stereocenters. The molecule has 2 rings (SSSR count). The van der Waals surface area contributed by atoms with Crippen LogP contribution < -0.4 is 5.73 Å². The second-order valence-corrected chi connectivity index (χ2v) is 5.89. The monoisotopic (exact) mass is 265 g/mol. The number of aryl methyl sites for hydroxylation is 2. The van der Waals surface area contributed by atoms with Crippen LogP contribution >= 0.6 is 0 Å². The van der Waals surface area contributed by atoms with Gasteiger partial charge in [-0.25, -0.2) is 0 Å². The van der Waals surface area contributed by atoms with Crippen LogP contribution in [0, 0.1) is 6.92 Å². The predicted molar refractivity (Wildman–Crippen MR) is 77.1 cm³/mol. The van der Waals surface area contributed by atoms with Crippen LogP contribution in [0.5, 0.6) is 0 Å². The van der Waals surface area contributed by atoms with Crippen molar-refractivity contribution < 1.29 is 4.74 Å². The summed E-state index contributed by atoms with van der Waals surface area (Å²) in [6, 6.07) is 2.17. The number of rotatable bonds is 4. The average Bonchev–Trinajstić information content (AvgIpc) is 2.59. The van der Waals surface area contributed by atoms with Crippen molar-refractivity contribution in [3.8, 4) is 0 Å². The van der Waals surface area contributed by atoms with Crippen molar-refractivity contribution in [1.29, 1.82) is 0 Å². The summed E-state index contributed by atoms with van der Waals surface area (Å²) in [5.41, 5.74) is 8.62. The van der Waals surface area contributed by atoms with Gasteiger partial charge in [-0.15, -0.1) is 0 Å². The fourth-order valence-corrected chi connectivity index (χ4v) is 3.32. The lowest BCUT2D eigenvalue weighted by molar-refractivity contribution is -0.0433. The molecule has 1 aromatic rings. The first-order valence-corrected chi connectivity index (χ1v) is 7.38. The minimum atomic E-state index is -0.144. The Morgan fingerprint density at radius 3 is 2.47 bits per heavy atom. The highest BCUT2D eigenvalue weighted by Gasteiger charge is 2.37. The van der Waals surface area contributed by atoms with E-state index in [-0.39, 0.29) is 11.6 Å². The van der Waals surface area contributed by atoms with Crippen LogP contribution in [0.2, 0.25) is 0 Å². The lowest BCUT2D eigenvalue weighted by Crippen LogP contribution is -2.50. The minimum Gasteiger partial charge on any atom is -0.377 e. The van der Waals surface area contributed by atoms with E-state index in [9.17, 15) is 0 Å². The Morgan fingerprint density at radius 1 is 1.37 bits per heavy atom. The predicted octanol–water partition coefficient (Wildman–Crippen LogP) is 2.34. The molecular weight excluding hydrogens is 238 g/mol. The van der Waals surface area contributed by atoms with Crippen LogP contribution in [-0.4, -0.2) is 28.5 Å². The second-order valence-electron chi connectivity index (χ2n) is 5.89. The second kappa shape index (κ2) is 6.06. The highest BCUT2D eigenvalue weighted by Crippen LogP contribution is 2.33. The lowest BCUT2D eigenvalue weighted by Gasteiger charge is -2.37. The molecule has 0 bridgehead atoms. The van der Waals surface area contributed by atoms with Gasteiger partial charge in [0.15, 0.2) is 0 Å². The van der Waals surface area contributed by atoms with E-state index in [0.29, 0.717) is 0 Å². The summed E-state index contributed by atoms with van der Waals surface area (Å²) in [6.45, 7) is 2.02. The number of ether oxygens (including phenoxy) is 1. The number of nitrogens with zero attached hydrogens (tertiary/aromatic N) is 2. The van der Waals surface area contributed by atoms with Gasteiger partial charge in [-0.05, 0) is 25.8 Å². The topological polar surface area (TPSA) is 53.1 Å². The summed E-state index contributed by atoms with van der Waals surface area (Å²) in [5.74, 6) is 0. The minimum absolute atomic E-state index is 0.0467. The Morgan fingerprint density at radius 2 is 2.00 bits per heavy atom. The molecule has 1 aliphatic carbocycles. The largest absolute Gasteiger partial charge is 0.377 e. The smallest absolute Gasteiger partial charge is 0.0832 e. The molecule has 108 valence electrons. The third-order valence-corrected chi connectivity index (χ3v) is 4.56.